The molecule has 0 aromatic heterocycles. The molecule has 2 aliphatic rings. The van der Waals surface area contributed by atoms with E-state index in [1.807, 2.05) is 7.05 Å². The summed E-state index contributed by atoms with van der Waals surface area (Å²) in [5.41, 5.74) is 0. The van der Waals surface area contributed by atoms with Crippen molar-refractivity contribution in [1.29, 1.82) is 0 Å². The molecule has 0 bridgehead atoms. The first-order chi connectivity index (χ1) is 12.4. The molecule has 7 heteroatoms. The van der Waals surface area contributed by atoms with Gasteiger partial charge in [0, 0.05) is 32.7 Å². The zero-order valence-electron chi connectivity index (χ0n) is 16.8. The van der Waals surface area contributed by atoms with Crippen molar-refractivity contribution in [2.24, 2.45) is 16.8 Å². The Morgan fingerprint density at radius 2 is 1.77 bits per heavy atom. The second kappa shape index (κ2) is 10.5. The van der Waals surface area contributed by atoms with E-state index in [1.165, 1.54) is 51.2 Å². The van der Waals surface area contributed by atoms with Crippen LogP contribution >= 0.6 is 0 Å². The molecule has 1 saturated heterocycles. The van der Waals surface area contributed by atoms with Crippen molar-refractivity contribution in [2.75, 3.05) is 32.9 Å². The lowest BCUT2D eigenvalue weighted by molar-refractivity contribution is 0.274. The number of guanidine groups is 1. The monoisotopic (exact) mass is 386 g/mol. The van der Waals surface area contributed by atoms with Gasteiger partial charge in [-0.1, -0.05) is 32.1 Å². The SMILES string of the molecule is CN=C(NCC1CCN(S(C)(=O)=O)CC1)NC(C)CCC1CCCCC1. The number of nitrogens with zero attached hydrogens (tertiary/aromatic N) is 2. The van der Waals surface area contributed by atoms with Gasteiger partial charge >= 0.3 is 0 Å². The van der Waals surface area contributed by atoms with E-state index in [1.54, 1.807) is 4.31 Å². The molecule has 152 valence electrons. The van der Waals surface area contributed by atoms with E-state index in [9.17, 15) is 8.42 Å². The molecular weight excluding hydrogens is 348 g/mol. The molecule has 0 spiro atoms. The highest BCUT2D eigenvalue weighted by molar-refractivity contribution is 7.88. The van der Waals surface area contributed by atoms with Crippen LogP contribution in [0.3, 0.4) is 0 Å². The zero-order chi connectivity index (χ0) is 19.0. The molecule has 2 N–H and O–H groups in total. The maximum Gasteiger partial charge on any atom is 0.211 e. The Morgan fingerprint density at radius 1 is 1.12 bits per heavy atom. The van der Waals surface area contributed by atoms with E-state index < -0.39 is 10.0 Å². The van der Waals surface area contributed by atoms with Crippen LogP contribution in [0.5, 0.6) is 0 Å². The van der Waals surface area contributed by atoms with E-state index in [0.717, 1.165) is 31.3 Å². The van der Waals surface area contributed by atoms with E-state index in [0.29, 0.717) is 25.0 Å². The summed E-state index contributed by atoms with van der Waals surface area (Å²) >= 11 is 0. The van der Waals surface area contributed by atoms with Gasteiger partial charge in [-0.25, -0.2) is 12.7 Å². The van der Waals surface area contributed by atoms with Crippen LogP contribution in [0.25, 0.3) is 0 Å². The van der Waals surface area contributed by atoms with Crippen molar-refractivity contribution < 1.29 is 8.42 Å². The van der Waals surface area contributed by atoms with Crippen molar-refractivity contribution in [3.05, 3.63) is 0 Å². The van der Waals surface area contributed by atoms with E-state index in [-0.39, 0.29) is 0 Å². The number of aliphatic imine (C=N–C) groups is 1. The fourth-order valence-electron chi connectivity index (χ4n) is 4.15. The summed E-state index contributed by atoms with van der Waals surface area (Å²) in [7, 11) is -1.23. The van der Waals surface area contributed by atoms with Gasteiger partial charge in [0.25, 0.3) is 0 Å². The molecule has 1 aliphatic carbocycles. The minimum absolute atomic E-state index is 0.426. The summed E-state index contributed by atoms with van der Waals surface area (Å²) in [6.45, 7) is 4.36. The largest absolute Gasteiger partial charge is 0.356 e. The lowest BCUT2D eigenvalue weighted by Gasteiger charge is -2.30. The summed E-state index contributed by atoms with van der Waals surface area (Å²) in [6.07, 6.45) is 12.7. The third kappa shape index (κ3) is 7.43. The molecule has 2 rings (SSSR count). The molecule has 6 nitrogen and oxygen atoms in total. The maximum absolute atomic E-state index is 11.6. The van der Waals surface area contributed by atoms with E-state index >= 15 is 0 Å². The molecule has 0 aromatic rings. The van der Waals surface area contributed by atoms with Gasteiger partial charge in [-0.3, -0.25) is 4.99 Å². The average Bonchev–Trinajstić information content (AvgIpc) is 2.64. The summed E-state index contributed by atoms with van der Waals surface area (Å²) < 4.78 is 24.8. The third-order valence-electron chi connectivity index (χ3n) is 5.94. The second-order valence-electron chi connectivity index (χ2n) is 8.19. The molecular formula is C19H38N4O2S. The first kappa shape index (κ1) is 21.5. The van der Waals surface area contributed by atoms with Crippen LogP contribution in [0.1, 0.15) is 64.7 Å². The Hall–Kier alpha value is -0.820. The van der Waals surface area contributed by atoms with Gasteiger partial charge in [0.1, 0.15) is 0 Å². The van der Waals surface area contributed by atoms with Gasteiger partial charge in [0.15, 0.2) is 5.96 Å². The van der Waals surface area contributed by atoms with Gasteiger partial charge in [-0.05, 0) is 44.4 Å². The number of hydrogen-bond acceptors (Lipinski definition) is 3. The zero-order valence-corrected chi connectivity index (χ0v) is 17.7. The maximum atomic E-state index is 11.6. The van der Waals surface area contributed by atoms with Crippen LogP contribution < -0.4 is 10.6 Å². The van der Waals surface area contributed by atoms with Crippen molar-refractivity contribution in [3.63, 3.8) is 0 Å². The van der Waals surface area contributed by atoms with Crippen LogP contribution in [0.15, 0.2) is 4.99 Å². The van der Waals surface area contributed by atoms with Crippen molar-refractivity contribution in [2.45, 2.75) is 70.8 Å². The number of sulfonamides is 1. The Balaban J connectivity index is 1.64. The average molecular weight is 387 g/mol. The molecule has 2 fully saturated rings. The van der Waals surface area contributed by atoms with Gasteiger partial charge in [0.2, 0.25) is 10.0 Å². The lowest BCUT2D eigenvalue weighted by atomic mass is 9.85. The fourth-order valence-corrected chi connectivity index (χ4v) is 5.02. The highest BCUT2D eigenvalue weighted by Crippen LogP contribution is 2.27. The first-order valence-electron chi connectivity index (χ1n) is 10.3. The van der Waals surface area contributed by atoms with Gasteiger partial charge in [-0.15, -0.1) is 0 Å². The number of rotatable bonds is 7. The van der Waals surface area contributed by atoms with Crippen LogP contribution in [0, 0.1) is 11.8 Å². The lowest BCUT2D eigenvalue weighted by Crippen LogP contribution is -2.46. The highest BCUT2D eigenvalue weighted by Gasteiger charge is 2.25. The Labute approximate surface area is 160 Å². The summed E-state index contributed by atoms with van der Waals surface area (Å²) in [5, 5.41) is 6.94. The Bertz CT molecular complexity index is 536. The van der Waals surface area contributed by atoms with Gasteiger partial charge in [-0.2, -0.15) is 0 Å². The predicted molar refractivity (Wildman–Crippen MR) is 109 cm³/mol. The minimum atomic E-state index is -3.04. The van der Waals surface area contributed by atoms with Gasteiger partial charge in [0.05, 0.1) is 6.26 Å². The van der Waals surface area contributed by atoms with Crippen LogP contribution in [0.2, 0.25) is 0 Å². The van der Waals surface area contributed by atoms with E-state index in [2.05, 4.69) is 22.5 Å². The summed E-state index contributed by atoms with van der Waals surface area (Å²) in [4.78, 5) is 4.35. The Kier molecular flexibility index (Phi) is 8.67. The summed E-state index contributed by atoms with van der Waals surface area (Å²) in [5.74, 6) is 2.29. The standard InChI is InChI=1S/C19H38N4O2S/c1-16(9-10-17-7-5-4-6-8-17)22-19(20-2)21-15-18-11-13-23(14-12-18)26(3,24)25/h16-18H,4-15H2,1-3H3,(H2,20,21,22). The molecule has 0 aromatic carbocycles. The summed E-state index contributed by atoms with van der Waals surface area (Å²) in [6, 6.07) is 0.426. The Morgan fingerprint density at radius 3 is 2.35 bits per heavy atom. The number of piperidine rings is 1. The molecule has 1 unspecified atom stereocenters. The highest BCUT2D eigenvalue weighted by atomic mass is 32.2. The van der Waals surface area contributed by atoms with E-state index in [4.69, 9.17) is 0 Å². The quantitative estimate of drug-likeness (QED) is 0.521. The van der Waals surface area contributed by atoms with Crippen molar-refractivity contribution >= 4 is 16.0 Å². The van der Waals surface area contributed by atoms with Gasteiger partial charge < -0.3 is 10.6 Å². The number of nitrogens with one attached hydrogen (secondary N) is 2. The smallest absolute Gasteiger partial charge is 0.211 e. The van der Waals surface area contributed by atoms with Crippen LogP contribution in [0.4, 0.5) is 0 Å². The molecule has 1 heterocycles. The van der Waals surface area contributed by atoms with Crippen LogP contribution in [-0.4, -0.2) is 57.7 Å². The third-order valence-corrected chi connectivity index (χ3v) is 7.24. The molecule has 1 saturated carbocycles. The predicted octanol–water partition coefficient (Wildman–Crippen LogP) is 2.57. The normalized spacial score (nSPS) is 23.0. The number of hydrogen-bond donors (Lipinski definition) is 2. The molecule has 1 aliphatic heterocycles. The molecule has 0 amide bonds. The molecule has 1 atom stereocenters. The van der Waals surface area contributed by atoms with Crippen molar-refractivity contribution in [3.8, 4) is 0 Å². The van der Waals surface area contributed by atoms with Crippen LogP contribution in [-0.2, 0) is 10.0 Å². The minimum Gasteiger partial charge on any atom is -0.356 e. The fraction of sp³-hybridized carbons (Fsp3) is 0.947. The van der Waals surface area contributed by atoms with Crippen molar-refractivity contribution in [1.82, 2.24) is 14.9 Å². The first-order valence-corrected chi connectivity index (χ1v) is 12.2. The second-order valence-corrected chi connectivity index (χ2v) is 10.2. The molecule has 26 heavy (non-hydrogen) atoms. The molecule has 0 radical (unpaired) electrons. The topological polar surface area (TPSA) is 73.8 Å².